The van der Waals surface area contributed by atoms with Crippen LogP contribution in [0.5, 0.6) is 0 Å². The molecule has 0 radical (unpaired) electrons. The fourth-order valence-electron chi connectivity index (χ4n) is 0.881. The average molecular weight is 145 g/mol. The summed E-state index contributed by atoms with van der Waals surface area (Å²) in [6.07, 6.45) is 0. The van der Waals surface area contributed by atoms with E-state index >= 15 is 0 Å². The molecule has 1 atom stereocenters. The molecule has 1 heterocycles. The van der Waals surface area contributed by atoms with Crippen molar-refractivity contribution in [3.63, 3.8) is 0 Å². The van der Waals surface area contributed by atoms with Crippen LogP contribution in [0.3, 0.4) is 0 Å². The second-order valence-electron chi connectivity index (χ2n) is 3.39. The average Bonchev–Trinajstić information content (AvgIpc) is 1.78. The van der Waals surface area contributed by atoms with E-state index in [4.69, 9.17) is 0 Å². The molecule has 1 aliphatic heterocycles. The van der Waals surface area contributed by atoms with Gasteiger partial charge in [-0.05, 0) is 13.8 Å². The molecule has 1 unspecified atom stereocenters. The Labute approximate surface area is 61.6 Å². The van der Waals surface area contributed by atoms with Crippen molar-refractivity contribution in [1.29, 1.82) is 0 Å². The minimum atomic E-state index is 0.372. The van der Waals surface area contributed by atoms with Crippen LogP contribution in [-0.2, 0) is 0 Å². The maximum atomic E-state index is 3.49. The maximum absolute atomic E-state index is 3.49. The van der Waals surface area contributed by atoms with Crippen LogP contribution in [0.4, 0.5) is 0 Å². The van der Waals surface area contributed by atoms with Crippen LogP contribution < -0.4 is 5.32 Å². The van der Waals surface area contributed by atoms with E-state index in [2.05, 4.69) is 37.8 Å². The molecular formula is C7H15NS. The molecule has 1 saturated heterocycles. The zero-order valence-corrected chi connectivity index (χ0v) is 7.22. The smallest absolute Gasteiger partial charge is 0.0216 e. The van der Waals surface area contributed by atoms with E-state index in [1.54, 1.807) is 0 Å². The first-order chi connectivity index (χ1) is 4.10. The van der Waals surface area contributed by atoms with Crippen molar-refractivity contribution in [3.8, 4) is 0 Å². The van der Waals surface area contributed by atoms with Gasteiger partial charge >= 0.3 is 0 Å². The van der Waals surface area contributed by atoms with Crippen LogP contribution in [0.1, 0.15) is 20.8 Å². The summed E-state index contributed by atoms with van der Waals surface area (Å²) in [6.45, 7) is 7.95. The van der Waals surface area contributed by atoms with E-state index in [9.17, 15) is 0 Å². The molecule has 1 aliphatic rings. The summed E-state index contributed by atoms with van der Waals surface area (Å²) in [5, 5.41) is 4.29. The van der Waals surface area contributed by atoms with Gasteiger partial charge in [-0.1, -0.05) is 6.92 Å². The van der Waals surface area contributed by atoms with Crippen LogP contribution in [0, 0.1) is 0 Å². The first-order valence-electron chi connectivity index (χ1n) is 3.47. The van der Waals surface area contributed by atoms with Gasteiger partial charge < -0.3 is 5.32 Å². The van der Waals surface area contributed by atoms with Crippen molar-refractivity contribution in [1.82, 2.24) is 5.32 Å². The lowest BCUT2D eigenvalue weighted by Gasteiger charge is -2.33. The Morgan fingerprint density at radius 1 is 1.56 bits per heavy atom. The van der Waals surface area contributed by atoms with Gasteiger partial charge in [-0.2, -0.15) is 11.8 Å². The van der Waals surface area contributed by atoms with Gasteiger partial charge in [-0.3, -0.25) is 0 Å². The number of rotatable bonds is 0. The summed E-state index contributed by atoms with van der Waals surface area (Å²) in [5.41, 5.74) is 0.372. The molecule has 0 aliphatic carbocycles. The standard InChI is InChI=1S/C7H15NS/c1-6-4-8-7(2,3)5-9-6/h6,8H,4-5H2,1-3H3. The number of nitrogens with one attached hydrogen (secondary N) is 1. The second-order valence-corrected chi connectivity index (χ2v) is 4.81. The highest BCUT2D eigenvalue weighted by Crippen LogP contribution is 2.21. The molecule has 1 fully saturated rings. The Morgan fingerprint density at radius 3 is 2.56 bits per heavy atom. The molecule has 54 valence electrons. The minimum Gasteiger partial charge on any atom is -0.310 e. The highest BCUT2D eigenvalue weighted by Gasteiger charge is 2.23. The third-order valence-electron chi connectivity index (χ3n) is 1.60. The molecule has 0 aromatic heterocycles. The van der Waals surface area contributed by atoms with Gasteiger partial charge in [-0.25, -0.2) is 0 Å². The van der Waals surface area contributed by atoms with Crippen molar-refractivity contribution in [2.45, 2.75) is 31.6 Å². The summed E-state index contributed by atoms with van der Waals surface area (Å²) in [6, 6.07) is 0. The lowest BCUT2D eigenvalue weighted by Crippen LogP contribution is -2.48. The third-order valence-corrected chi connectivity index (χ3v) is 3.22. The largest absolute Gasteiger partial charge is 0.310 e. The van der Waals surface area contributed by atoms with Crippen molar-refractivity contribution >= 4 is 11.8 Å². The van der Waals surface area contributed by atoms with Crippen molar-refractivity contribution in [3.05, 3.63) is 0 Å². The highest BCUT2D eigenvalue weighted by molar-refractivity contribution is 8.00. The number of hydrogen-bond donors (Lipinski definition) is 1. The highest BCUT2D eigenvalue weighted by atomic mass is 32.2. The quantitative estimate of drug-likeness (QED) is 0.554. The first kappa shape index (κ1) is 7.42. The van der Waals surface area contributed by atoms with E-state index in [0.29, 0.717) is 5.54 Å². The van der Waals surface area contributed by atoms with E-state index in [1.165, 1.54) is 5.75 Å². The van der Waals surface area contributed by atoms with Crippen molar-refractivity contribution in [2.24, 2.45) is 0 Å². The van der Waals surface area contributed by atoms with Crippen LogP contribution in [-0.4, -0.2) is 23.1 Å². The van der Waals surface area contributed by atoms with Crippen LogP contribution in [0.2, 0.25) is 0 Å². The molecular weight excluding hydrogens is 130 g/mol. The Kier molecular flexibility index (Phi) is 2.07. The van der Waals surface area contributed by atoms with E-state index in [0.717, 1.165) is 11.8 Å². The SMILES string of the molecule is CC1CNC(C)(C)CS1. The van der Waals surface area contributed by atoms with E-state index in [-0.39, 0.29) is 0 Å². The summed E-state index contributed by atoms with van der Waals surface area (Å²) >= 11 is 2.06. The van der Waals surface area contributed by atoms with Gasteiger partial charge in [0, 0.05) is 23.1 Å². The molecule has 0 aromatic rings. The maximum Gasteiger partial charge on any atom is 0.0216 e. The Morgan fingerprint density at radius 2 is 2.22 bits per heavy atom. The summed E-state index contributed by atoms with van der Waals surface area (Å²) in [5.74, 6) is 1.24. The van der Waals surface area contributed by atoms with Gasteiger partial charge in [0.05, 0.1) is 0 Å². The van der Waals surface area contributed by atoms with Crippen LogP contribution >= 0.6 is 11.8 Å². The Balaban J connectivity index is 2.35. The lowest BCUT2D eigenvalue weighted by molar-refractivity contribution is 0.423. The molecule has 0 bridgehead atoms. The minimum absolute atomic E-state index is 0.372. The monoisotopic (exact) mass is 145 g/mol. The van der Waals surface area contributed by atoms with Crippen LogP contribution in [0.15, 0.2) is 0 Å². The van der Waals surface area contributed by atoms with Gasteiger partial charge in [0.15, 0.2) is 0 Å². The summed E-state index contributed by atoms with van der Waals surface area (Å²) in [4.78, 5) is 0. The Hall–Kier alpha value is 0.310. The molecule has 0 saturated carbocycles. The van der Waals surface area contributed by atoms with E-state index < -0.39 is 0 Å². The number of hydrogen-bond acceptors (Lipinski definition) is 2. The van der Waals surface area contributed by atoms with Gasteiger partial charge in [0.25, 0.3) is 0 Å². The molecule has 0 spiro atoms. The first-order valence-corrected chi connectivity index (χ1v) is 4.52. The molecule has 0 amide bonds. The molecule has 1 rings (SSSR count). The molecule has 2 heteroatoms. The van der Waals surface area contributed by atoms with Crippen molar-refractivity contribution in [2.75, 3.05) is 12.3 Å². The van der Waals surface area contributed by atoms with E-state index in [1.807, 2.05) is 0 Å². The predicted octanol–water partition coefficient (Wildman–Crippen LogP) is 1.49. The molecule has 9 heavy (non-hydrogen) atoms. The topological polar surface area (TPSA) is 12.0 Å². The fraction of sp³-hybridized carbons (Fsp3) is 1.00. The number of thioether (sulfide) groups is 1. The lowest BCUT2D eigenvalue weighted by atomic mass is 10.1. The predicted molar refractivity (Wildman–Crippen MR) is 44.0 cm³/mol. The summed E-state index contributed by atoms with van der Waals surface area (Å²) in [7, 11) is 0. The molecule has 0 aromatic carbocycles. The second kappa shape index (κ2) is 2.51. The van der Waals surface area contributed by atoms with Gasteiger partial charge in [-0.15, -0.1) is 0 Å². The molecule has 1 N–H and O–H groups in total. The fourth-order valence-corrected chi connectivity index (χ4v) is 1.89. The van der Waals surface area contributed by atoms with Crippen LogP contribution in [0.25, 0.3) is 0 Å². The van der Waals surface area contributed by atoms with Crippen molar-refractivity contribution < 1.29 is 0 Å². The summed E-state index contributed by atoms with van der Waals surface area (Å²) < 4.78 is 0. The van der Waals surface area contributed by atoms with Gasteiger partial charge in [0.2, 0.25) is 0 Å². The molecule has 1 nitrogen and oxygen atoms in total. The third kappa shape index (κ3) is 2.18. The zero-order valence-electron chi connectivity index (χ0n) is 6.40. The Bertz CT molecular complexity index is 91.1. The normalized spacial score (nSPS) is 34.3. The zero-order chi connectivity index (χ0) is 6.91. The van der Waals surface area contributed by atoms with Gasteiger partial charge in [0.1, 0.15) is 0 Å².